The maximum absolute atomic E-state index is 11.7. The summed E-state index contributed by atoms with van der Waals surface area (Å²) < 4.78 is 0. The lowest BCUT2D eigenvalue weighted by Crippen LogP contribution is -2.43. The highest BCUT2D eigenvalue weighted by molar-refractivity contribution is 6.08. The number of hydroxylamine groups is 2. The van der Waals surface area contributed by atoms with E-state index in [1.165, 1.54) is 14.2 Å². The molecule has 0 aromatic carbocycles. The number of amides is 4. The van der Waals surface area contributed by atoms with Crippen molar-refractivity contribution in [1.82, 2.24) is 15.3 Å². The minimum Gasteiger partial charge on any atom is -0.324 e. The molecule has 1 heterocycles. The maximum atomic E-state index is 11.7. The van der Waals surface area contributed by atoms with Crippen LogP contribution >= 0.6 is 0 Å². The molecule has 0 aromatic heterocycles. The first-order chi connectivity index (χ1) is 7.29. The van der Waals surface area contributed by atoms with Crippen LogP contribution < -0.4 is 5.32 Å². The summed E-state index contributed by atoms with van der Waals surface area (Å²) in [5, 5.41) is 3.45. The van der Waals surface area contributed by atoms with Gasteiger partial charge in [-0.15, -0.1) is 0 Å². The molecule has 1 rings (SSSR count). The predicted octanol–water partition coefficient (Wildman–Crippen LogP) is -0.663. The van der Waals surface area contributed by atoms with Gasteiger partial charge in [0.2, 0.25) is 0 Å². The summed E-state index contributed by atoms with van der Waals surface area (Å²) in [4.78, 5) is 40.1. The summed E-state index contributed by atoms with van der Waals surface area (Å²) in [5.41, 5.74) is -0.955. The van der Waals surface area contributed by atoms with Crippen molar-refractivity contribution < 1.29 is 19.2 Å². The molecule has 0 spiro atoms. The Morgan fingerprint density at radius 2 is 2.06 bits per heavy atom. The summed E-state index contributed by atoms with van der Waals surface area (Å²) >= 11 is 0. The van der Waals surface area contributed by atoms with Crippen molar-refractivity contribution in [2.24, 2.45) is 0 Å². The maximum Gasteiger partial charge on any atom is 0.325 e. The Morgan fingerprint density at radius 3 is 2.44 bits per heavy atom. The number of nitrogens with one attached hydrogen (secondary N) is 1. The van der Waals surface area contributed by atoms with Gasteiger partial charge in [-0.05, 0) is 13.8 Å². The fourth-order valence-corrected chi connectivity index (χ4v) is 1.30. The summed E-state index contributed by atoms with van der Waals surface area (Å²) in [6.45, 7) is 2.84. The van der Waals surface area contributed by atoms with E-state index < -0.39 is 23.4 Å². The van der Waals surface area contributed by atoms with Crippen LogP contribution in [0.25, 0.3) is 0 Å². The molecule has 0 atom stereocenters. The van der Waals surface area contributed by atoms with Crippen LogP contribution in [0.2, 0.25) is 0 Å². The second-order valence-electron chi connectivity index (χ2n) is 4.02. The predicted molar refractivity (Wildman–Crippen MR) is 54.1 cm³/mol. The zero-order valence-electron chi connectivity index (χ0n) is 9.73. The van der Waals surface area contributed by atoms with Crippen molar-refractivity contribution in [3.8, 4) is 0 Å². The molecule has 4 amide bonds. The van der Waals surface area contributed by atoms with Gasteiger partial charge in [0.05, 0.1) is 7.11 Å². The standard InChI is InChI=1S/C9H15N3O4/c1-9(2)7(14)12(8(15)10-9)5-6(13)11(3)16-4/h5H2,1-4H3,(H,10,15). The van der Waals surface area contributed by atoms with E-state index in [0.29, 0.717) is 0 Å². The van der Waals surface area contributed by atoms with E-state index in [1.807, 2.05) is 0 Å². The Kier molecular flexibility index (Phi) is 3.18. The van der Waals surface area contributed by atoms with Crippen molar-refractivity contribution in [2.45, 2.75) is 19.4 Å². The molecule has 1 N–H and O–H groups in total. The molecule has 16 heavy (non-hydrogen) atoms. The van der Waals surface area contributed by atoms with Crippen molar-refractivity contribution in [1.29, 1.82) is 0 Å². The zero-order chi connectivity index (χ0) is 12.5. The van der Waals surface area contributed by atoms with Gasteiger partial charge >= 0.3 is 6.03 Å². The lowest BCUT2D eigenvalue weighted by Gasteiger charge is -2.18. The number of rotatable bonds is 3. The molecule has 0 aliphatic carbocycles. The van der Waals surface area contributed by atoms with Crippen LogP contribution in [0.15, 0.2) is 0 Å². The highest BCUT2D eigenvalue weighted by atomic mass is 16.7. The Labute approximate surface area is 93.3 Å². The number of hydrogen-bond acceptors (Lipinski definition) is 4. The molecular formula is C9H15N3O4. The molecule has 1 aliphatic heterocycles. The molecule has 90 valence electrons. The number of imide groups is 1. The summed E-state index contributed by atoms with van der Waals surface area (Å²) in [6.07, 6.45) is 0. The second-order valence-corrected chi connectivity index (χ2v) is 4.02. The SMILES string of the molecule is CON(C)C(=O)CN1C(=O)NC(C)(C)C1=O. The molecule has 1 fully saturated rings. The lowest BCUT2D eigenvalue weighted by molar-refractivity contribution is -0.170. The van der Waals surface area contributed by atoms with Gasteiger partial charge in [-0.3, -0.25) is 19.3 Å². The summed E-state index contributed by atoms with van der Waals surface area (Å²) in [7, 11) is 2.74. The highest BCUT2D eigenvalue weighted by Crippen LogP contribution is 2.16. The first-order valence-corrected chi connectivity index (χ1v) is 4.74. The monoisotopic (exact) mass is 229 g/mol. The fourth-order valence-electron chi connectivity index (χ4n) is 1.30. The number of urea groups is 1. The van der Waals surface area contributed by atoms with Gasteiger partial charge < -0.3 is 5.32 Å². The number of hydrogen-bond donors (Lipinski definition) is 1. The quantitative estimate of drug-likeness (QED) is 0.514. The number of nitrogens with zero attached hydrogens (tertiary/aromatic N) is 2. The van der Waals surface area contributed by atoms with Crippen molar-refractivity contribution in [3.05, 3.63) is 0 Å². The van der Waals surface area contributed by atoms with Gasteiger partial charge in [-0.1, -0.05) is 0 Å². The van der Waals surface area contributed by atoms with E-state index in [0.717, 1.165) is 9.96 Å². The molecule has 0 aromatic rings. The molecule has 0 radical (unpaired) electrons. The van der Waals surface area contributed by atoms with Gasteiger partial charge in [-0.25, -0.2) is 9.86 Å². The van der Waals surface area contributed by atoms with E-state index in [4.69, 9.17) is 0 Å². The van der Waals surface area contributed by atoms with Gasteiger partial charge in [-0.2, -0.15) is 0 Å². The van der Waals surface area contributed by atoms with Crippen molar-refractivity contribution in [2.75, 3.05) is 20.7 Å². The molecule has 1 aliphatic rings. The first-order valence-electron chi connectivity index (χ1n) is 4.74. The van der Waals surface area contributed by atoms with Crippen LogP contribution in [0.4, 0.5) is 4.79 Å². The van der Waals surface area contributed by atoms with Crippen molar-refractivity contribution in [3.63, 3.8) is 0 Å². The number of carbonyl (C=O) groups excluding carboxylic acids is 3. The molecule has 7 nitrogen and oxygen atoms in total. The van der Waals surface area contributed by atoms with E-state index in [1.54, 1.807) is 13.8 Å². The summed E-state index contributed by atoms with van der Waals surface area (Å²) in [5.74, 6) is -0.890. The third-order valence-electron chi connectivity index (χ3n) is 2.36. The Morgan fingerprint density at radius 1 is 1.50 bits per heavy atom. The van der Waals surface area contributed by atoms with Crippen LogP contribution in [0.1, 0.15) is 13.8 Å². The second kappa shape index (κ2) is 4.09. The number of likely N-dealkylation sites (N-methyl/N-ethyl adjacent to an activating group) is 1. The molecule has 7 heteroatoms. The highest BCUT2D eigenvalue weighted by Gasteiger charge is 2.45. The minimum absolute atomic E-state index is 0.321. The minimum atomic E-state index is -0.955. The van der Waals surface area contributed by atoms with E-state index in [2.05, 4.69) is 10.2 Å². The fraction of sp³-hybridized carbons (Fsp3) is 0.667. The molecular weight excluding hydrogens is 214 g/mol. The van der Waals surface area contributed by atoms with Crippen LogP contribution in [0.5, 0.6) is 0 Å². The first kappa shape index (κ1) is 12.4. The van der Waals surface area contributed by atoms with Gasteiger partial charge in [0, 0.05) is 7.05 Å². The van der Waals surface area contributed by atoms with Crippen LogP contribution in [0.3, 0.4) is 0 Å². The van der Waals surface area contributed by atoms with Gasteiger partial charge in [0.1, 0.15) is 12.1 Å². The van der Waals surface area contributed by atoms with E-state index >= 15 is 0 Å². The van der Waals surface area contributed by atoms with Crippen LogP contribution in [0, 0.1) is 0 Å². The molecule has 0 bridgehead atoms. The summed E-state index contributed by atoms with van der Waals surface area (Å²) in [6, 6.07) is -0.562. The van der Waals surface area contributed by atoms with Crippen LogP contribution in [-0.2, 0) is 14.4 Å². The average molecular weight is 229 g/mol. The third-order valence-corrected chi connectivity index (χ3v) is 2.36. The lowest BCUT2D eigenvalue weighted by atomic mass is 10.1. The van der Waals surface area contributed by atoms with E-state index in [9.17, 15) is 14.4 Å². The Hall–Kier alpha value is -1.63. The largest absolute Gasteiger partial charge is 0.325 e. The molecule has 1 saturated heterocycles. The zero-order valence-corrected chi connectivity index (χ0v) is 9.73. The topological polar surface area (TPSA) is 79.0 Å². The normalized spacial score (nSPS) is 18.6. The smallest absolute Gasteiger partial charge is 0.324 e. The molecule has 0 saturated carbocycles. The van der Waals surface area contributed by atoms with Crippen molar-refractivity contribution >= 4 is 17.8 Å². The Bertz CT molecular complexity index is 340. The number of carbonyl (C=O) groups is 3. The third kappa shape index (κ3) is 2.13. The van der Waals surface area contributed by atoms with Gasteiger partial charge in [0.25, 0.3) is 11.8 Å². The van der Waals surface area contributed by atoms with E-state index in [-0.39, 0.29) is 6.54 Å². The van der Waals surface area contributed by atoms with Gasteiger partial charge in [0.15, 0.2) is 0 Å². The Balaban J connectivity index is 2.73. The van der Waals surface area contributed by atoms with Crippen LogP contribution in [-0.4, -0.2) is 54.0 Å². The molecule has 0 unspecified atom stereocenters. The average Bonchev–Trinajstić information content (AvgIpc) is 2.39.